The van der Waals surface area contributed by atoms with E-state index in [2.05, 4.69) is 15.4 Å². The van der Waals surface area contributed by atoms with Crippen molar-refractivity contribution in [3.8, 4) is 16.9 Å². The number of carbonyl (C=O) groups excluding carboxylic acids is 1. The summed E-state index contributed by atoms with van der Waals surface area (Å²) in [6.07, 6.45) is 2.26. The average Bonchev–Trinajstić information content (AvgIpc) is 3.25. The summed E-state index contributed by atoms with van der Waals surface area (Å²) in [6.45, 7) is 0.372. The number of hydrogen-bond donors (Lipinski definition) is 1. The molecule has 2 aromatic heterocycles. The Balaban J connectivity index is 1.68. The predicted molar refractivity (Wildman–Crippen MR) is 121 cm³/mol. The zero-order valence-corrected chi connectivity index (χ0v) is 17.6. The van der Waals surface area contributed by atoms with Crippen molar-refractivity contribution in [2.75, 3.05) is 6.54 Å². The van der Waals surface area contributed by atoms with Gasteiger partial charge in [0, 0.05) is 42.6 Å². The van der Waals surface area contributed by atoms with E-state index in [0.29, 0.717) is 34.9 Å². The Hall–Kier alpha value is -4.04. The van der Waals surface area contributed by atoms with E-state index in [0.717, 1.165) is 5.69 Å². The maximum absolute atomic E-state index is 13.0. The number of benzene rings is 2. The van der Waals surface area contributed by atoms with Gasteiger partial charge in [0.2, 0.25) is 0 Å². The summed E-state index contributed by atoms with van der Waals surface area (Å²) in [6, 6.07) is 20.3. The first-order valence-corrected chi connectivity index (χ1v) is 10.2. The number of nitro groups is 1. The molecule has 0 spiro atoms. The predicted octanol–water partition coefficient (Wildman–Crippen LogP) is 4.47. The standard InChI is InChI=1S/C23H18ClN5O3/c24-20-10-2-1-9-19(20)21-15-22(23(30)26-13-11-16-6-3-4-12-25-16)28(27-21)17-7-5-8-18(14-17)29(31)32/h1-10,12,14-15H,11,13H2,(H,26,30). The molecule has 0 unspecified atom stereocenters. The Morgan fingerprint density at radius 1 is 1.06 bits per heavy atom. The van der Waals surface area contributed by atoms with Crippen LogP contribution < -0.4 is 5.32 Å². The first kappa shape index (κ1) is 21.2. The van der Waals surface area contributed by atoms with Crippen molar-refractivity contribution in [3.05, 3.63) is 106 Å². The lowest BCUT2D eigenvalue weighted by Gasteiger charge is -2.08. The van der Waals surface area contributed by atoms with Gasteiger partial charge in [-0.3, -0.25) is 19.9 Å². The number of aromatic nitrogens is 3. The summed E-state index contributed by atoms with van der Waals surface area (Å²) in [4.78, 5) is 28.0. The normalized spacial score (nSPS) is 10.7. The van der Waals surface area contributed by atoms with Crippen molar-refractivity contribution in [2.45, 2.75) is 6.42 Å². The molecule has 0 saturated heterocycles. The molecule has 2 heterocycles. The molecule has 0 bridgehead atoms. The first-order chi connectivity index (χ1) is 15.5. The molecule has 0 saturated carbocycles. The second kappa shape index (κ2) is 9.40. The highest BCUT2D eigenvalue weighted by atomic mass is 35.5. The number of pyridine rings is 1. The van der Waals surface area contributed by atoms with Crippen LogP contribution in [0.1, 0.15) is 16.2 Å². The van der Waals surface area contributed by atoms with E-state index in [1.54, 1.807) is 42.6 Å². The van der Waals surface area contributed by atoms with Crippen LogP contribution in [0.4, 0.5) is 5.69 Å². The second-order valence-corrected chi connectivity index (χ2v) is 7.32. The van der Waals surface area contributed by atoms with E-state index in [-0.39, 0.29) is 17.3 Å². The van der Waals surface area contributed by atoms with Crippen LogP contribution in [0.15, 0.2) is 79.0 Å². The minimum absolute atomic E-state index is 0.0983. The van der Waals surface area contributed by atoms with Crippen LogP contribution in [0, 0.1) is 10.1 Å². The third-order valence-corrected chi connectivity index (χ3v) is 5.10. The number of nitro benzene ring substituents is 1. The Morgan fingerprint density at radius 3 is 2.62 bits per heavy atom. The number of rotatable bonds is 7. The zero-order valence-electron chi connectivity index (χ0n) is 16.8. The van der Waals surface area contributed by atoms with Gasteiger partial charge >= 0.3 is 0 Å². The quantitative estimate of drug-likeness (QED) is 0.332. The van der Waals surface area contributed by atoms with Crippen LogP contribution in [-0.2, 0) is 6.42 Å². The van der Waals surface area contributed by atoms with Gasteiger partial charge < -0.3 is 5.32 Å². The van der Waals surface area contributed by atoms with Crippen molar-refractivity contribution in [1.82, 2.24) is 20.1 Å². The molecule has 0 fully saturated rings. The fourth-order valence-corrected chi connectivity index (χ4v) is 3.45. The van der Waals surface area contributed by atoms with Crippen molar-refractivity contribution in [2.24, 2.45) is 0 Å². The summed E-state index contributed by atoms with van der Waals surface area (Å²) in [7, 11) is 0. The monoisotopic (exact) mass is 447 g/mol. The molecule has 32 heavy (non-hydrogen) atoms. The van der Waals surface area contributed by atoms with Crippen LogP contribution in [0.3, 0.4) is 0 Å². The lowest BCUT2D eigenvalue weighted by molar-refractivity contribution is -0.384. The van der Waals surface area contributed by atoms with Gasteiger partial charge in [-0.15, -0.1) is 0 Å². The van der Waals surface area contributed by atoms with Crippen LogP contribution in [0.5, 0.6) is 0 Å². The van der Waals surface area contributed by atoms with Crippen LogP contribution in [0.25, 0.3) is 16.9 Å². The van der Waals surface area contributed by atoms with E-state index in [4.69, 9.17) is 11.6 Å². The molecule has 4 rings (SSSR count). The number of nitrogens with one attached hydrogen (secondary N) is 1. The van der Waals surface area contributed by atoms with Crippen molar-refractivity contribution >= 4 is 23.2 Å². The number of halogens is 1. The molecule has 8 nitrogen and oxygen atoms in total. The van der Waals surface area contributed by atoms with E-state index >= 15 is 0 Å². The van der Waals surface area contributed by atoms with E-state index in [1.807, 2.05) is 24.3 Å². The largest absolute Gasteiger partial charge is 0.350 e. The highest BCUT2D eigenvalue weighted by molar-refractivity contribution is 6.33. The third kappa shape index (κ3) is 4.65. The van der Waals surface area contributed by atoms with Crippen LogP contribution in [-0.4, -0.2) is 32.1 Å². The fourth-order valence-electron chi connectivity index (χ4n) is 3.22. The molecule has 1 amide bonds. The van der Waals surface area contributed by atoms with Crippen molar-refractivity contribution in [3.63, 3.8) is 0 Å². The molecule has 4 aromatic rings. The molecule has 0 aliphatic carbocycles. The second-order valence-electron chi connectivity index (χ2n) is 6.91. The maximum atomic E-state index is 13.0. The van der Waals surface area contributed by atoms with Crippen LogP contribution >= 0.6 is 11.6 Å². The highest BCUT2D eigenvalue weighted by Crippen LogP contribution is 2.28. The Morgan fingerprint density at radius 2 is 1.88 bits per heavy atom. The minimum Gasteiger partial charge on any atom is -0.350 e. The van der Waals surface area contributed by atoms with Gasteiger partial charge in [0.25, 0.3) is 11.6 Å². The molecule has 0 aliphatic heterocycles. The number of non-ortho nitro benzene ring substituents is 1. The molecule has 0 aliphatic rings. The van der Waals surface area contributed by atoms with Gasteiger partial charge in [0.1, 0.15) is 5.69 Å². The first-order valence-electron chi connectivity index (χ1n) is 9.81. The van der Waals surface area contributed by atoms with Gasteiger partial charge in [-0.1, -0.05) is 41.9 Å². The summed E-state index contributed by atoms with van der Waals surface area (Å²) >= 11 is 6.32. The van der Waals surface area contributed by atoms with Gasteiger partial charge in [-0.05, 0) is 30.3 Å². The number of amides is 1. The number of nitrogens with zero attached hydrogens (tertiary/aromatic N) is 4. The minimum atomic E-state index is -0.491. The molecule has 9 heteroatoms. The number of carbonyl (C=O) groups is 1. The lowest BCUT2D eigenvalue weighted by Crippen LogP contribution is -2.28. The van der Waals surface area contributed by atoms with E-state index in [1.165, 1.54) is 16.8 Å². The molecule has 0 atom stereocenters. The Kier molecular flexibility index (Phi) is 6.23. The topological polar surface area (TPSA) is 103 Å². The van der Waals surface area contributed by atoms with Gasteiger partial charge in [-0.2, -0.15) is 5.10 Å². The van der Waals surface area contributed by atoms with E-state index in [9.17, 15) is 14.9 Å². The van der Waals surface area contributed by atoms with Crippen molar-refractivity contribution < 1.29 is 9.72 Å². The van der Waals surface area contributed by atoms with Crippen LogP contribution in [0.2, 0.25) is 5.02 Å². The Labute approximate surface area is 188 Å². The van der Waals surface area contributed by atoms with E-state index < -0.39 is 4.92 Å². The summed E-state index contributed by atoms with van der Waals surface area (Å²) in [5, 5.41) is 19.1. The molecule has 160 valence electrons. The SMILES string of the molecule is O=C(NCCc1ccccn1)c1cc(-c2ccccc2Cl)nn1-c1cccc([N+](=O)[O-])c1. The van der Waals surface area contributed by atoms with Gasteiger partial charge in [0.05, 0.1) is 21.3 Å². The Bertz CT molecular complexity index is 1270. The maximum Gasteiger partial charge on any atom is 0.271 e. The summed E-state index contributed by atoms with van der Waals surface area (Å²) in [5.74, 6) is -0.363. The third-order valence-electron chi connectivity index (χ3n) is 4.77. The average molecular weight is 448 g/mol. The van der Waals surface area contributed by atoms with Crippen molar-refractivity contribution in [1.29, 1.82) is 0 Å². The van der Waals surface area contributed by atoms with Gasteiger partial charge in [0.15, 0.2) is 0 Å². The lowest BCUT2D eigenvalue weighted by atomic mass is 10.1. The smallest absolute Gasteiger partial charge is 0.271 e. The fraction of sp³-hybridized carbons (Fsp3) is 0.0870. The zero-order chi connectivity index (χ0) is 22.5. The van der Waals surface area contributed by atoms with Gasteiger partial charge in [-0.25, -0.2) is 4.68 Å². The molecular formula is C23H18ClN5O3. The molecule has 0 radical (unpaired) electrons. The number of hydrogen-bond acceptors (Lipinski definition) is 5. The summed E-state index contributed by atoms with van der Waals surface area (Å²) < 4.78 is 1.39. The highest BCUT2D eigenvalue weighted by Gasteiger charge is 2.20. The summed E-state index contributed by atoms with van der Waals surface area (Å²) in [5.41, 5.74) is 2.53. The molecule has 1 N–H and O–H groups in total. The molecule has 2 aromatic carbocycles. The molecular weight excluding hydrogens is 430 g/mol.